The minimum Gasteiger partial charge on any atom is -0.450 e. The highest BCUT2D eigenvalue weighted by Gasteiger charge is 2.25. The maximum Gasteiger partial charge on any atom is 0.407 e. The lowest BCUT2D eigenvalue weighted by Crippen LogP contribution is -2.42. The second-order valence-corrected chi connectivity index (χ2v) is 6.47. The van der Waals surface area contributed by atoms with E-state index in [4.69, 9.17) is 4.74 Å². The average Bonchev–Trinajstić information content (AvgIpc) is 2.57. The second-order valence-electron chi connectivity index (χ2n) is 6.47. The Labute approximate surface area is 144 Å². The van der Waals surface area contributed by atoms with Crippen LogP contribution in [0.15, 0.2) is 30.3 Å². The van der Waals surface area contributed by atoms with Gasteiger partial charge in [0.25, 0.3) is 0 Å². The number of alkyl carbamates (subject to hydrolysis) is 1. The molecule has 0 radical (unpaired) electrons. The maximum absolute atomic E-state index is 12.5. The Bertz CT molecular complexity index is 533. The molecular weight excluding hydrogens is 304 g/mol. The third-order valence-electron chi connectivity index (χ3n) is 4.62. The highest BCUT2D eigenvalue weighted by atomic mass is 16.5. The Hall–Kier alpha value is -2.04. The van der Waals surface area contributed by atoms with Crippen molar-refractivity contribution < 1.29 is 14.3 Å². The van der Waals surface area contributed by atoms with Crippen molar-refractivity contribution >= 4 is 12.0 Å². The second kappa shape index (κ2) is 9.30. The van der Waals surface area contributed by atoms with Gasteiger partial charge in [-0.1, -0.05) is 50.1 Å². The zero-order chi connectivity index (χ0) is 17.4. The van der Waals surface area contributed by atoms with E-state index in [1.807, 2.05) is 30.3 Å². The monoisotopic (exact) mass is 332 g/mol. The van der Waals surface area contributed by atoms with Crippen molar-refractivity contribution in [3.05, 3.63) is 35.9 Å². The molecule has 5 nitrogen and oxygen atoms in total. The van der Waals surface area contributed by atoms with Gasteiger partial charge in [-0.15, -0.1) is 0 Å². The number of amides is 2. The van der Waals surface area contributed by atoms with Gasteiger partial charge in [-0.05, 0) is 31.2 Å². The molecular formula is C19H28N2O3. The van der Waals surface area contributed by atoms with Gasteiger partial charge >= 0.3 is 6.09 Å². The van der Waals surface area contributed by atoms with E-state index in [9.17, 15) is 9.59 Å². The van der Waals surface area contributed by atoms with Crippen LogP contribution >= 0.6 is 0 Å². The molecule has 0 unspecified atom stereocenters. The molecule has 3 atom stereocenters. The Kier molecular flexibility index (Phi) is 7.09. The molecule has 2 N–H and O–H groups in total. The Morgan fingerprint density at radius 2 is 1.92 bits per heavy atom. The third kappa shape index (κ3) is 5.55. The molecule has 1 aromatic rings. The molecule has 24 heavy (non-hydrogen) atoms. The first-order valence-electron chi connectivity index (χ1n) is 8.87. The normalized spacial score (nSPS) is 21.6. The van der Waals surface area contributed by atoms with Gasteiger partial charge in [0.05, 0.1) is 19.1 Å². The van der Waals surface area contributed by atoms with Crippen LogP contribution in [0.1, 0.15) is 57.6 Å². The summed E-state index contributed by atoms with van der Waals surface area (Å²) in [5.41, 5.74) is 0.900. The van der Waals surface area contributed by atoms with E-state index in [1.165, 1.54) is 12.8 Å². The predicted octanol–water partition coefficient (Wildman–Crippen LogP) is 3.56. The third-order valence-corrected chi connectivity index (χ3v) is 4.62. The van der Waals surface area contributed by atoms with Crippen LogP contribution in [-0.2, 0) is 9.53 Å². The van der Waals surface area contributed by atoms with E-state index in [0.29, 0.717) is 12.5 Å². The van der Waals surface area contributed by atoms with Crippen molar-refractivity contribution in [1.29, 1.82) is 0 Å². The van der Waals surface area contributed by atoms with Crippen LogP contribution in [0.2, 0.25) is 0 Å². The largest absolute Gasteiger partial charge is 0.450 e. The van der Waals surface area contributed by atoms with Crippen LogP contribution in [0, 0.1) is 5.92 Å². The summed E-state index contributed by atoms with van der Waals surface area (Å²) in [6.07, 6.45) is 4.32. The van der Waals surface area contributed by atoms with Crippen LogP contribution in [0.3, 0.4) is 0 Å². The molecule has 2 amide bonds. The van der Waals surface area contributed by atoms with Gasteiger partial charge in [0.1, 0.15) is 0 Å². The molecule has 1 aliphatic rings. The fourth-order valence-corrected chi connectivity index (χ4v) is 3.23. The van der Waals surface area contributed by atoms with Crippen LogP contribution in [-0.4, -0.2) is 24.6 Å². The average molecular weight is 332 g/mol. The van der Waals surface area contributed by atoms with Crippen molar-refractivity contribution in [1.82, 2.24) is 10.6 Å². The van der Waals surface area contributed by atoms with Gasteiger partial charge in [-0.3, -0.25) is 4.79 Å². The Morgan fingerprint density at radius 3 is 2.58 bits per heavy atom. The first-order chi connectivity index (χ1) is 11.6. The lowest BCUT2D eigenvalue weighted by atomic mass is 9.86. The van der Waals surface area contributed by atoms with Gasteiger partial charge in [0.2, 0.25) is 5.91 Å². The minimum absolute atomic E-state index is 0.0283. The van der Waals surface area contributed by atoms with Crippen LogP contribution in [0.5, 0.6) is 0 Å². The summed E-state index contributed by atoms with van der Waals surface area (Å²) < 4.78 is 4.96. The first kappa shape index (κ1) is 18.3. The topological polar surface area (TPSA) is 67.4 Å². The van der Waals surface area contributed by atoms with E-state index in [2.05, 4.69) is 17.6 Å². The number of hydrogen-bond acceptors (Lipinski definition) is 3. The number of hydrogen-bond donors (Lipinski definition) is 2. The van der Waals surface area contributed by atoms with Crippen molar-refractivity contribution in [2.24, 2.45) is 5.92 Å². The molecule has 1 aromatic carbocycles. The molecule has 132 valence electrons. The summed E-state index contributed by atoms with van der Waals surface area (Å²) >= 11 is 0. The number of ether oxygens (including phenoxy) is 1. The summed E-state index contributed by atoms with van der Waals surface area (Å²) in [5.74, 6) is 0.482. The molecule has 0 bridgehead atoms. The molecule has 0 spiro atoms. The summed E-state index contributed by atoms with van der Waals surface area (Å²) in [6, 6.07) is 9.39. The number of rotatable bonds is 6. The van der Waals surface area contributed by atoms with E-state index >= 15 is 0 Å². The van der Waals surface area contributed by atoms with Gasteiger partial charge in [-0.25, -0.2) is 4.79 Å². The molecule has 1 fully saturated rings. The summed E-state index contributed by atoms with van der Waals surface area (Å²) in [7, 11) is 0. The van der Waals surface area contributed by atoms with E-state index in [0.717, 1.165) is 18.4 Å². The molecule has 0 aliphatic heterocycles. The number of carbonyl (C=O) groups is 2. The SMILES string of the molecule is CCOC(=O)N[C@H](CC(=O)N[C@H]1CCCC[C@@H]1C)c1ccccc1. The predicted molar refractivity (Wildman–Crippen MR) is 93.5 cm³/mol. The molecule has 1 aliphatic carbocycles. The lowest BCUT2D eigenvalue weighted by molar-refractivity contribution is -0.122. The highest BCUT2D eigenvalue weighted by Crippen LogP contribution is 2.24. The standard InChI is InChI=1S/C19H28N2O3/c1-3-24-19(23)21-17(15-10-5-4-6-11-15)13-18(22)20-16-12-8-7-9-14(16)2/h4-6,10-11,14,16-17H,3,7-9,12-13H2,1-2H3,(H,20,22)(H,21,23)/t14-,16-,17+/m0/s1. The molecule has 1 saturated carbocycles. The zero-order valence-corrected chi connectivity index (χ0v) is 14.6. The minimum atomic E-state index is -0.495. The zero-order valence-electron chi connectivity index (χ0n) is 14.6. The maximum atomic E-state index is 12.5. The van der Waals surface area contributed by atoms with Crippen molar-refractivity contribution in [3.8, 4) is 0 Å². The van der Waals surface area contributed by atoms with Crippen LogP contribution < -0.4 is 10.6 Å². The van der Waals surface area contributed by atoms with E-state index < -0.39 is 6.09 Å². The molecule has 0 saturated heterocycles. The summed E-state index contributed by atoms with van der Waals surface area (Å²) in [6.45, 7) is 4.25. The molecule has 2 rings (SSSR count). The number of carbonyl (C=O) groups excluding carboxylic acids is 2. The van der Waals surface area contributed by atoms with E-state index in [1.54, 1.807) is 6.92 Å². The first-order valence-corrected chi connectivity index (χ1v) is 8.87. The molecule has 0 heterocycles. The van der Waals surface area contributed by atoms with Crippen molar-refractivity contribution in [3.63, 3.8) is 0 Å². The van der Waals surface area contributed by atoms with Crippen LogP contribution in [0.25, 0.3) is 0 Å². The molecule has 5 heteroatoms. The van der Waals surface area contributed by atoms with Gasteiger partial charge in [0, 0.05) is 6.04 Å². The Balaban J connectivity index is 1.98. The summed E-state index contributed by atoms with van der Waals surface area (Å²) in [5, 5.41) is 5.93. The fourth-order valence-electron chi connectivity index (χ4n) is 3.23. The number of benzene rings is 1. The van der Waals surface area contributed by atoms with Gasteiger partial charge in [0.15, 0.2) is 0 Å². The van der Waals surface area contributed by atoms with Gasteiger partial charge in [-0.2, -0.15) is 0 Å². The van der Waals surface area contributed by atoms with Crippen LogP contribution in [0.4, 0.5) is 4.79 Å². The smallest absolute Gasteiger partial charge is 0.407 e. The highest BCUT2D eigenvalue weighted by molar-refractivity contribution is 5.78. The number of nitrogens with one attached hydrogen (secondary N) is 2. The quantitative estimate of drug-likeness (QED) is 0.837. The summed E-state index contributed by atoms with van der Waals surface area (Å²) in [4.78, 5) is 24.3. The van der Waals surface area contributed by atoms with E-state index in [-0.39, 0.29) is 24.4 Å². The lowest BCUT2D eigenvalue weighted by Gasteiger charge is -2.30. The fraction of sp³-hybridized carbons (Fsp3) is 0.579. The molecule has 0 aromatic heterocycles. The van der Waals surface area contributed by atoms with Crippen molar-refractivity contribution in [2.45, 2.75) is 58.0 Å². The van der Waals surface area contributed by atoms with Crippen molar-refractivity contribution in [2.75, 3.05) is 6.61 Å². The van der Waals surface area contributed by atoms with Gasteiger partial charge < -0.3 is 15.4 Å². The Morgan fingerprint density at radius 1 is 1.21 bits per heavy atom.